The van der Waals surface area contributed by atoms with Crippen molar-refractivity contribution in [3.05, 3.63) is 106 Å². The number of hydrogen-bond acceptors (Lipinski definition) is 6. The number of nitrogens with zero attached hydrogens (tertiary/aromatic N) is 3. The SMILES string of the molecule is Cc1ccc(-c2cc(-c3nn(-c4nc(C(=O)[O-])cs4)c(C(F)(F)F)c3Cc3ccc([S+](C)(=O)O)cc3)ccc2C)cc1. The molecule has 0 aliphatic heterocycles. The van der Waals surface area contributed by atoms with Crippen molar-refractivity contribution in [1.29, 1.82) is 0 Å². The molecule has 42 heavy (non-hydrogen) atoms. The summed E-state index contributed by atoms with van der Waals surface area (Å²) in [5.74, 6) is -1.61. The Kier molecular flexibility index (Phi) is 7.64. The third-order valence-corrected chi connectivity index (χ3v) is 8.71. The molecule has 216 valence electrons. The number of benzene rings is 3. The van der Waals surface area contributed by atoms with Gasteiger partial charge in [-0.2, -0.15) is 22.8 Å². The van der Waals surface area contributed by atoms with E-state index in [4.69, 9.17) is 0 Å². The number of carbonyl (C=O) groups is 1. The van der Waals surface area contributed by atoms with Gasteiger partial charge in [0.25, 0.3) is 0 Å². The number of alkyl halides is 3. The molecule has 1 unspecified atom stereocenters. The Bertz CT molecular complexity index is 1840. The number of aryl methyl sites for hydroxylation is 2. The maximum Gasteiger partial charge on any atom is 0.433 e. The molecule has 0 aliphatic carbocycles. The van der Waals surface area contributed by atoms with Gasteiger partial charge in [-0.1, -0.05) is 58.3 Å². The number of aromatic carboxylic acids is 1. The average Bonchev–Trinajstić information content (AvgIpc) is 3.55. The molecule has 0 spiro atoms. The number of thiazole rings is 1. The number of carboxylic acids is 1. The molecule has 1 atom stereocenters. The Balaban J connectivity index is 1.74. The van der Waals surface area contributed by atoms with Gasteiger partial charge in [0.1, 0.15) is 6.26 Å². The van der Waals surface area contributed by atoms with Crippen LogP contribution in [0.15, 0.2) is 77.0 Å². The highest BCUT2D eigenvalue weighted by atomic mass is 32.3. The standard InChI is InChI=1S/C30H24F3N3O4S2/c1-17-4-9-20(10-5-17)23-15-21(11-6-18(23)2)26-24(14-19-7-12-22(13-8-19)42(3,39)40)27(30(31,32)33)36(35-26)29-34-25(16-41-29)28(37)38/h4-13,15-16H,14H2,1-3H3,(H-,37,38,39,40). The van der Waals surface area contributed by atoms with Gasteiger partial charge in [-0.05, 0) is 54.3 Å². The van der Waals surface area contributed by atoms with Crippen LogP contribution in [0.25, 0.3) is 27.5 Å². The number of carboxylic acid groups (broad SMARTS) is 1. The number of aromatic nitrogens is 3. The summed E-state index contributed by atoms with van der Waals surface area (Å²) in [4.78, 5) is 15.3. The van der Waals surface area contributed by atoms with Crippen LogP contribution < -0.4 is 5.11 Å². The van der Waals surface area contributed by atoms with Crippen molar-refractivity contribution >= 4 is 27.5 Å². The maximum absolute atomic E-state index is 14.8. The molecule has 0 radical (unpaired) electrons. The molecule has 12 heteroatoms. The summed E-state index contributed by atoms with van der Waals surface area (Å²) in [6, 6.07) is 18.9. The lowest BCUT2D eigenvalue weighted by molar-refractivity contribution is -0.255. The molecule has 0 bridgehead atoms. The summed E-state index contributed by atoms with van der Waals surface area (Å²) in [6.45, 7) is 3.87. The highest BCUT2D eigenvalue weighted by Gasteiger charge is 2.41. The van der Waals surface area contributed by atoms with Crippen molar-refractivity contribution in [3.63, 3.8) is 0 Å². The predicted molar refractivity (Wildman–Crippen MR) is 153 cm³/mol. The lowest BCUT2D eigenvalue weighted by Crippen LogP contribution is -2.22. The van der Waals surface area contributed by atoms with E-state index in [-0.39, 0.29) is 27.7 Å². The molecule has 0 fully saturated rings. The smallest absolute Gasteiger partial charge is 0.433 e. The van der Waals surface area contributed by atoms with Gasteiger partial charge < -0.3 is 9.90 Å². The predicted octanol–water partition coefficient (Wildman–Crippen LogP) is 6.21. The third-order valence-electron chi connectivity index (χ3n) is 6.75. The fourth-order valence-corrected chi connectivity index (χ4v) is 6.00. The molecular weight excluding hydrogens is 587 g/mol. The van der Waals surface area contributed by atoms with Crippen LogP contribution >= 0.6 is 11.3 Å². The normalized spacial score (nSPS) is 13.2. The second kappa shape index (κ2) is 10.9. The molecule has 2 aromatic heterocycles. The molecule has 2 heterocycles. The van der Waals surface area contributed by atoms with Crippen LogP contribution in [0.1, 0.15) is 38.4 Å². The van der Waals surface area contributed by atoms with Gasteiger partial charge in [0.2, 0.25) is 15.3 Å². The van der Waals surface area contributed by atoms with Crippen LogP contribution in [0.5, 0.6) is 0 Å². The van der Waals surface area contributed by atoms with Gasteiger partial charge in [0.15, 0.2) is 10.6 Å². The maximum atomic E-state index is 14.8. The summed E-state index contributed by atoms with van der Waals surface area (Å²) in [5.41, 5.74) is 2.87. The minimum Gasteiger partial charge on any atom is -0.543 e. The molecule has 0 aliphatic rings. The van der Waals surface area contributed by atoms with E-state index in [1.807, 2.05) is 44.2 Å². The largest absolute Gasteiger partial charge is 0.543 e. The van der Waals surface area contributed by atoms with E-state index >= 15 is 0 Å². The summed E-state index contributed by atoms with van der Waals surface area (Å²) in [7, 11) is -3.26. The van der Waals surface area contributed by atoms with E-state index in [1.165, 1.54) is 24.3 Å². The van der Waals surface area contributed by atoms with Crippen molar-refractivity contribution in [2.45, 2.75) is 31.3 Å². The summed E-state index contributed by atoms with van der Waals surface area (Å²) >= 11 is 0.702. The second-order valence-corrected chi connectivity index (χ2v) is 12.8. The van der Waals surface area contributed by atoms with Crippen LogP contribution in [0.4, 0.5) is 13.2 Å². The zero-order valence-electron chi connectivity index (χ0n) is 22.6. The first-order chi connectivity index (χ1) is 19.7. The second-order valence-electron chi connectivity index (χ2n) is 9.91. The lowest BCUT2D eigenvalue weighted by atomic mass is 9.93. The van der Waals surface area contributed by atoms with E-state index in [1.54, 1.807) is 12.1 Å². The highest BCUT2D eigenvalue weighted by molar-refractivity contribution is 7.97. The molecule has 5 rings (SSSR count). The molecule has 0 saturated heterocycles. The van der Waals surface area contributed by atoms with Gasteiger partial charge in [0.05, 0.1) is 17.4 Å². The third kappa shape index (κ3) is 5.91. The zero-order valence-corrected chi connectivity index (χ0v) is 24.2. The van der Waals surface area contributed by atoms with E-state index < -0.39 is 33.7 Å². The van der Waals surface area contributed by atoms with Gasteiger partial charge >= 0.3 is 6.18 Å². The molecule has 7 nitrogen and oxygen atoms in total. The molecule has 1 N–H and O–H groups in total. The fraction of sp³-hybridized carbons (Fsp3) is 0.167. The molecule has 5 aromatic rings. The van der Waals surface area contributed by atoms with Crippen LogP contribution in [0.2, 0.25) is 0 Å². The van der Waals surface area contributed by atoms with Crippen molar-refractivity contribution in [2.75, 3.05) is 6.26 Å². The van der Waals surface area contributed by atoms with Crippen LogP contribution in [0, 0.1) is 13.8 Å². The minimum atomic E-state index is -4.89. The van der Waals surface area contributed by atoms with Crippen LogP contribution in [0.3, 0.4) is 0 Å². The zero-order chi connectivity index (χ0) is 30.4. The molecular formula is C30H24F3N3O4S2. The fourth-order valence-electron chi connectivity index (χ4n) is 4.61. The van der Waals surface area contributed by atoms with Crippen molar-refractivity contribution in [1.82, 2.24) is 14.8 Å². The minimum absolute atomic E-state index is 0.0476. The average molecular weight is 612 g/mol. The van der Waals surface area contributed by atoms with Crippen LogP contribution in [-0.2, 0) is 27.0 Å². The number of hydrogen-bond donors (Lipinski definition) is 1. The molecule has 0 saturated carbocycles. The van der Waals surface area contributed by atoms with Crippen molar-refractivity contribution < 1.29 is 31.8 Å². The first-order valence-electron chi connectivity index (χ1n) is 12.6. The van der Waals surface area contributed by atoms with Gasteiger partial charge in [-0.15, -0.1) is 11.3 Å². The Morgan fingerprint density at radius 3 is 2.24 bits per heavy atom. The Morgan fingerprint density at radius 2 is 1.67 bits per heavy atom. The van der Waals surface area contributed by atoms with E-state index in [0.717, 1.165) is 33.9 Å². The number of carbonyl (C=O) groups excluding carboxylic acids is 1. The lowest BCUT2D eigenvalue weighted by Gasteiger charge is -2.13. The first kappa shape index (κ1) is 29.4. The van der Waals surface area contributed by atoms with Gasteiger partial charge in [0, 0.05) is 22.9 Å². The van der Waals surface area contributed by atoms with E-state index in [2.05, 4.69) is 10.1 Å². The number of rotatable bonds is 7. The van der Waals surface area contributed by atoms with E-state index in [9.17, 15) is 31.8 Å². The molecule has 3 aromatic carbocycles. The Labute approximate surface area is 244 Å². The molecule has 0 amide bonds. The van der Waals surface area contributed by atoms with Crippen molar-refractivity contribution in [3.8, 4) is 27.5 Å². The van der Waals surface area contributed by atoms with Crippen molar-refractivity contribution in [2.24, 2.45) is 0 Å². The van der Waals surface area contributed by atoms with Crippen LogP contribution in [-0.4, -0.2) is 31.5 Å². The summed E-state index contributed by atoms with van der Waals surface area (Å²) < 4.78 is 66.8. The summed E-state index contributed by atoms with van der Waals surface area (Å²) in [5, 5.41) is 16.5. The summed E-state index contributed by atoms with van der Waals surface area (Å²) in [6.07, 6.45) is -3.95. The first-order valence-corrected chi connectivity index (χ1v) is 15.4. The quantitative estimate of drug-likeness (QED) is 0.219. The van der Waals surface area contributed by atoms with Gasteiger partial charge in [-0.25, -0.2) is 9.67 Å². The number of halogens is 3. The van der Waals surface area contributed by atoms with Gasteiger partial charge in [-0.3, -0.25) is 0 Å². The Morgan fingerprint density at radius 1 is 1.02 bits per heavy atom. The Hall–Kier alpha value is -4.13. The highest BCUT2D eigenvalue weighted by Crippen LogP contribution is 2.41. The van der Waals surface area contributed by atoms with E-state index in [0.29, 0.717) is 27.1 Å². The topological polar surface area (TPSA) is 108 Å². The monoisotopic (exact) mass is 611 g/mol.